The van der Waals surface area contributed by atoms with Gasteiger partial charge in [0, 0.05) is 20.8 Å². The number of aromatic nitrogens is 1. The van der Waals surface area contributed by atoms with Gasteiger partial charge in [-0.05, 0) is 68.6 Å². The number of carbonyl (C=O) groups excluding carboxylic acids is 1. The molecule has 1 unspecified atom stereocenters. The van der Waals surface area contributed by atoms with E-state index in [0.29, 0.717) is 15.9 Å². The van der Waals surface area contributed by atoms with Crippen LogP contribution in [0.3, 0.4) is 0 Å². The van der Waals surface area contributed by atoms with Crippen LogP contribution in [0.15, 0.2) is 39.4 Å². The van der Waals surface area contributed by atoms with Crippen LogP contribution in [-0.4, -0.2) is 10.9 Å². The summed E-state index contributed by atoms with van der Waals surface area (Å²) < 4.78 is 14.8. The van der Waals surface area contributed by atoms with Gasteiger partial charge >= 0.3 is 0 Å². The maximum absolute atomic E-state index is 13.4. The van der Waals surface area contributed by atoms with Gasteiger partial charge in [0.15, 0.2) is 0 Å². The summed E-state index contributed by atoms with van der Waals surface area (Å²) in [5.41, 5.74) is 7.07. The molecule has 21 heavy (non-hydrogen) atoms. The molecular formula is C14H12Br2FN3O. The molecule has 0 fully saturated rings. The fourth-order valence-electron chi connectivity index (χ4n) is 1.90. The van der Waals surface area contributed by atoms with Crippen molar-refractivity contribution in [3.05, 3.63) is 56.5 Å². The minimum Gasteiger partial charge on any atom is -0.369 e. The summed E-state index contributed by atoms with van der Waals surface area (Å²) in [7, 11) is 0. The summed E-state index contributed by atoms with van der Waals surface area (Å²) in [5.74, 6) is -0.990. The van der Waals surface area contributed by atoms with Crippen molar-refractivity contribution in [2.45, 2.75) is 13.0 Å². The highest BCUT2D eigenvalue weighted by Crippen LogP contribution is 2.27. The van der Waals surface area contributed by atoms with Crippen molar-refractivity contribution >= 4 is 43.5 Å². The lowest BCUT2D eigenvalue weighted by molar-refractivity contribution is -0.118. The first-order valence-electron chi connectivity index (χ1n) is 6.01. The van der Waals surface area contributed by atoms with E-state index in [1.54, 1.807) is 25.3 Å². The molecule has 0 aliphatic heterocycles. The van der Waals surface area contributed by atoms with Gasteiger partial charge in [0.05, 0.1) is 5.69 Å². The first kappa shape index (κ1) is 15.9. The van der Waals surface area contributed by atoms with Crippen LogP contribution in [0.5, 0.6) is 0 Å². The fraction of sp³-hybridized carbons (Fsp3) is 0.143. The number of carbonyl (C=O) groups is 1. The smallest absolute Gasteiger partial charge is 0.246 e. The van der Waals surface area contributed by atoms with E-state index in [1.807, 2.05) is 0 Å². The Balaban J connectivity index is 2.37. The molecule has 1 amide bonds. The standard InChI is InChI=1S/C14H12Br2FN3O/c1-7-2-9(17)5-10(3-7)20-13(14(18)21)12-11(16)4-8(15)6-19-12/h2-6,13,20H,1H3,(H2,18,21). The quantitative estimate of drug-likeness (QED) is 0.798. The lowest BCUT2D eigenvalue weighted by atomic mass is 10.1. The van der Waals surface area contributed by atoms with Crippen LogP contribution in [0, 0.1) is 12.7 Å². The van der Waals surface area contributed by atoms with Crippen molar-refractivity contribution < 1.29 is 9.18 Å². The number of nitrogens with two attached hydrogens (primary N) is 1. The number of rotatable bonds is 4. The molecule has 1 heterocycles. The van der Waals surface area contributed by atoms with Crippen molar-refractivity contribution in [3.63, 3.8) is 0 Å². The number of benzene rings is 1. The number of pyridine rings is 1. The summed E-state index contributed by atoms with van der Waals surface area (Å²) in [5, 5.41) is 2.91. The molecule has 2 aromatic rings. The predicted octanol–water partition coefficient (Wildman–Crippen LogP) is 3.69. The van der Waals surface area contributed by atoms with Crippen LogP contribution < -0.4 is 11.1 Å². The molecule has 7 heteroatoms. The summed E-state index contributed by atoms with van der Waals surface area (Å²) in [4.78, 5) is 15.9. The molecule has 2 rings (SSSR count). The van der Waals surface area contributed by atoms with Crippen molar-refractivity contribution in [2.75, 3.05) is 5.32 Å². The van der Waals surface area contributed by atoms with Gasteiger partial charge in [-0.2, -0.15) is 0 Å². The molecule has 1 aromatic carbocycles. The lowest BCUT2D eigenvalue weighted by Crippen LogP contribution is -2.29. The van der Waals surface area contributed by atoms with Gasteiger partial charge < -0.3 is 11.1 Å². The van der Waals surface area contributed by atoms with E-state index in [9.17, 15) is 9.18 Å². The number of hydrogen-bond donors (Lipinski definition) is 2. The third kappa shape index (κ3) is 4.01. The normalized spacial score (nSPS) is 12.0. The topological polar surface area (TPSA) is 68.0 Å². The van der Waals surface area contributed by atoms with E-state index in [-0.39, 0.29) is 5.82 Å². The molecule has 0 spiro atoms. The van der Waals surface area contributed by atoms with E-state index < -0.39 is 11.9 Å². The summed E-state index contributed by atoms with van der Waals surface area (Å²) in [6, 6.07) is 5.32. The fourth-order valence-corrected chi connectivity index (χ4v) is 3.11. The predicted molar refractivity (Wildman–Crippen MR) is 86.3 cm³/mol. The molecule has 0 bridgehead atoms. The molecule has 4 nitrogen and oxygen atoms in total. The number of halogens is 3. The third-order valence-corrected chi connectivity index (χ3v) is 3.82. The molecule has 1 aromatic heterocycles. The Kier molecular flexibility index (Phi) is 4.95. The van der Waals surface area contributed by atoms with E-state index in [1.165, 1.54) is 12.1 Å². The second-order valence-electron chi connectivity index (χ2n) is 4.52. The van der Waals surface area contributed by atoms with Gasteiger partial charge in [0.2, 0.25) is 5.91 Å². The van der Waals surface area contributed by atoms with Crippen molar-refractivity contribution in [3.8, 4) is 0 Å². The Hall–Kier alpha value is -1.47. The molecule has 1 atom stereocenters. The number of nitrogens with one attached hydrogen (secondary N) is 1. The molecule has 110 valence electrons. The molecule has 0 saturated carbocycles. The van der Waals surface area contributed by atoms with Crippen molar-refractivity contribution in [1.82, 2.24) is 4.98 Å². The van der Waals surface area contributed by atoms with E-state index >= 15 is 0 Å². The minimum atomic E-state index is -0.867. The number of hydrogen-bond acceptors (Lipinski definition) is 3. The Morgan fingerprint density at radius 2 is 2.05 bits per heavy atom. The van der Waals surface area contributed by atoms with Crippen LogP contribution in [0.25, 0.3) is 0 Å². The number of anilines is 1. The number of nitrogens with zero attached hydrogens (tertiary/aromatic N) is 1. The van der Waals surface area contributed by atoms with Gasteiger partial charge in [0.1, 0.15) is 11.9 Å². The monoisotopic (exact) mass is 415 g/mol. The number of amides is 1. The van der Waals surface area contributed by atoms with Crippen LogP contribution in [0.2, 0.25) is 0 Å². The highest BCUT2D eigenvalue weighted by atomic mass is 79.9. The van der Waals surface area contributed by atoms with Gasteiger partial charge in [-0.3, -0.25) is 9.78 Å². The van der Waals surface area contributed by atoms with Crippen LogP contribution in [0.4, 0.5) is 10.1 Å². The Bertz CT molecular complexity index is 674. The zero-order valence-electron chi connectivity index (χ0n) is 11.0. The Morgan fingerprint density at radius 1 is 1.33 bits per heavy atom. The maximum Gasteiger partial charge on any atom is 0.246 e. The largest absolute Gasteiger partial charge is 0.369 e. The van der Waals surface area contributed by atoms with Crippen LogP contribution in [0.1, 0.15) is 17.3 Å². The highest BCUT2D eigenvalue weighted by molar-refractivity contribution is 9.11. The SMILES string of the molecule is Cc1cc(F)cc(NC(C(N)=O)c2ncc(Br)cc2Br)c1. The van der Waals surface area contributed by atoms with Gasteiger partial charge in [-0.15, -0.1) is 0 Å². The second kappa shape index (κ2) is 6.53. The summed E-state index contributed by atoms with van der Waals surface area (Å²) >= 11 is 6.63. The van der Waals surface area contributed by atoms with Gasteiger partial charge in [-0.1, -0.05) is 0 Å². The first-order valence-corrected chi connectivity index (χ1v) is 7.59. The zero-order chi connectivity index (χ0) is 15.6. The minimum absolute atomic E-state index is 0.386. The van der Waals surface area contributed by atoms with Crippen molar-refractivity contribution in [2.24, 2.45) is 5.73 Å². The highest BCUT2D eigenvalue weighted by Gasteiger charge is 2.22. The van der Waals surface area contributed by atoms with Crippen molar-refractivity contribution in [1.29, 1.82) is 0 Å². The molecule has 0 aliphatic rings. The first-order chi connectivity index (χ1) is 9.86. The lowest BCUT2D eigenvalue weighted by Gasteiger charge is -2.18. The van der Waals surface area contributed by atoms with Crippen LogP contribution >= 0.6 is 31.9 Å². The summed E-state index contributed by atoms with van der Waals surface area (Å²) in [6.45, 7) is 1.77. The van der Waals surface area contributed by atoms with E-state index in [2.05, 4.69) is 42.2 Å². The average Bonchev–Trinajstić information content (AvgIpc) is 2.35. The zero-order valence-corrected chi connectivity index (χ0v) is 14.2. The average molecular weight is 417 g/mol. The Morgan fingerprint density at radius 3 is 2.62 bits per heavy atom. The summed E-state index contributed by atoms with van der Waals surface area (Å²) in [6.07, 6.45) is 1.56. The number of primary amides is 1. The molecule has 3 N–H and O–H groups in total. The molecular weight excluding hydrogens is 405 g/mol. The third-order valence-electron chi connectivity index (χ3n) is 2.75. The molecule has 0 radical (unpaired) electrons. The number of aryl methyl sites for hydroxylation is 1. The molecule has 0 aliphatic carbocycles. The maximum atomic E-state index is 13.4. The van der Waals surface area contributed by atoms with E-state index in [0.717, 1.165) is 10.0 Å². The Labute approximate surface area is 138 Å². The molecule has 0 saturated heterocycles. The van der Waals surface area contributed by atoms with E-state index in [4.69, 9.17) is 5.73 Å². The van der Waals surface area contributed by atoms with Crippen LogP contribution in [-0.2, 0) is 4.79 Å². The van der Waals surface area contributed by atoms with Gasteiger partial charge in [-0.25, -0.2) is 4.39 Å². The van der Waals surface area contributed by atoms with Gasteiger partial charge in [0.25, 0.3) is 0 Å². The second-order valence-corrected chi connectivity index (χ2v) is 6.29.